The van der Waals surface area contributed by atoms with Crippen molar-refractivity contribution in [1.29, 1.82) is 0 Å². The number of carbonyl (C=O) groups excluding carboxylic acids is 1. The van der Waals surface area contributed by atoms with Gasteiger partial charge < -0.3 is 10.1 Å². The van der Waals surface area contributed by atoms with Crippen LogP contribution in [0.5, 0.6) is 5.75 Å². The van der Waals surface area contributed by atoms with Crippen LogP contribution in [0.3, 0.4) is 0 Å². The van der Waals surface area contributed by atoms with Gasteiger partial charge in [-0.05, 0) is 43.3 Å². The van der Waals surface area contributed by atoms with Crippen LogP contribution in [0.2, 0.25) is 5.02 Å². The lowest BCUT2D eigenvalue weighted by molar-refractivity contribution is -0.127. The van der Waals surface area contributed by atoms with Crippen molar-refractivity contribution < 1.29 is 9.53 Å². The number of hydrogen-bond acceptors (Lipinski definition) is 4. The van der Waals surface area contributed by atoms with Crippen molar-refractivity contribution in [2.24, 2.45) is 0 Å². The van der Waals surface area contributed by atoms with Gasteiger partial charge in [0.15, 0.2) is 11.9 Å². The van der Waals surface area contributed by atoms with E-state index in [0.717, 1.165) is 5.69 Å². The number of halogens is 1. The molecule has 0 radical (unpaired) electrons. The second-order valence-corrected chi connectivity index (χ2v) is 5.82. The highest BCUT2D eigenvalue weighted by atomic mass is 35.5. The molecule has 1 heterocycles. The molecule has 7 heteroatoms. The summed E-state index contributed by atoms with van der Waals surface area (Å²) in [6.07, 6.45) is 0.971. The fourth-order valence-corrected chi connectivity index (χ4v) is 2.39. The number of aromatic nitrogens is 3. The Morgan fingerprint density at radius 3 is 2.64 bits per heavy atom. The molecule has 1 N–H and O–H groups in total. The molecule has 2 aromatic carbocycles. The monoisotopic (exact) mass is 356 g/mol. The van der Waals surface area contributed by atoms with Gasteiger partial charge in [-0.2, -0.15) is 0 Å². The molecule has 1 aromatic heterocycles. The van der Waals surface area contributed by atoms with Crippen molar-refractivity contribution in [2.75, 3.05) is 0 Å². The first-order valence-corrected chi connectivity index (χ1v) is 8.15. The Morgan fingerprint density at radius 2 is 1.92 bits per heavy atom. The van der Waals surface area contributed by atoms with Crippen LogP contribution in [0.1, 0.15) is 12.7 Å². The van der Waals surface area contributed by atoms with Crippen molar-refractivity contribution in [3.8, 4) is 11.4 Å². The maximum Gasteiger partial charge on any atom is 0.261 e. The van der Waals surface area contributed by atoms with Crippen molar-refractivity contribution >= 4 is 17.5 Å². The lowest BCUT2D eigenvalue weighted by Gasteiger charge is -2.15. The normalized spacial score (nSPS) is 11.8. The molecular weight excluding hydrogens is 340 g/mol. The van der Waals surface area contributed by atoms with Crippen molar-refractivity contribution in [3.05, 3.63) is 71.8 Å². The number of amides is 1. The van der Waals surface area contributed by atoms with Crippen molar-refractivity contribution in [1.82, 2.24) is 20.1 Å². The summed E-state index contributed by atoms with van der Waals surface area (Å²) in [5.41, 5.74) is 0.933. The van der Waals surface area contributed by atoms with Gasteiger partial charge in [-0.15, -0.1) is 10.2 Å². The fourth-order valence-electron chi connectivity index (χ4n) is 2.26. The lowest BCUT2D eigenvalue weighted by atomic mass is 10.3. The van der Waals surface area contributed by atoms with Gasteiger partial charge in [0.25, 0.3) is 5.91 Å². The molecule has 0 aliphatic carbocycles. The van der Waals surface area contributed by atoms with Gasteiger partial charge in [0.05, 0.1) is 6.54 Å². The third-order valence-corrected chi connectivity index (χ3v) is 3.82. The zero-order valence-electron chi connectivity index (χ0n) is 13.6. The number of rotatable bonds is 6. The molecule has 128 valence electrons. The molecule has 0 bridgehead atoms. The summed E-state index contributed by atoms with van der Waals surface area (Å²) >= 11 is 5.83. The van der Waals surface area contributed by atoms with Crippen molar-refractivity contribution in [2.45, 2.75) is 19.6 Å². The van der Waals surface area contributed by atoms with E-state index in [9.17, 15) is 4.79 Å². The molecule has 25 heavy (non-hydrogen) atoms. The van der Waals surface area contributed by atoms with Crippen LogP contribution in [0.25, 0.3) is 5.69 Å². The standard InChI is InChI=1S/C18H17ClN4O2/c1-13(25-16-9-7-14(19)8-10-16)18(24)20-11-17-22-21-12-23(17)15-5-3-2-4-6-15/h2-10,12-13H,11H2,1H3,(H,20,24)/t13-/m1/s1. The van der Waals surface area contributed by atoms with E-state index in [1.807, 2.05) is 34.9 Å². The van der Waals surface area contributed by atoms with Gasteiger partial charge in [-0.1, -0.05) is 29.8 Å². The van der Waals surface area contributed by atoms with Crippen LogP contribution in [0.15, 0.2) is 60.9 Å². The van der Waals surface area contributed by atoms with Crippen LogP contribution >= 0.6 is 11.6 Å². The summed E-state index contributed by atoms with van der Waals surface area (Å²) in [7, 11) is 0. The predicted molar refractivity (Wildman–Crippen MR) is 94.7 cm³/mol. The van der Waals surface area contributed by atoms with Gasteiger partial charge in [0, 0.05) is 10.7 Å². The van der Waals surface area contributed by atoms with Gasteiger partial charge >= 0.3 is 0 Å². The molecule has 0 aliphatic heterocycles. The van der Waals surface area contributed by atoms with E-state index in [0.29, 0.717) is 16.6 Å². The maximum atomic E-state index is 12.2. The number of para-hydroxylation sites is 1. The van der Waals surface area contributed by atoms with E-state index in [2.05, 4.69) is 15.5 Å². The highest BCUT2D eigenvalue weighted by Gasteiger charge is 2.16. The Balaban J connectivity index is 1.59. The molecule has 0 aliphatic rings. The van der Waals surface area contributed by atoms with E-state index in [4.69, 9.17) is 16.3 Å². The largest absolute Gasteiger partial charge is 0.481 e. The summed E-state index contributed by atoms with van der Waals surface area (Å²) in [4.78, 5) is 12.2. The Labute approximate surface area is 150 Å². The number of ether oxygens (including phenoxy) is 1. The van der Waals surface area contributed by atoms with E-state index < -0.39 is 6.10 Å². The zero-order valence-corrected chi connectivity index (χ0v) is 14.3. The molecule has 0 saturated heterocycles. The minimum absolute atomic E-state index is 0.238. The molecule has 0 spiro atoms. The van der Waals surface area contributed by atoms with Crippen LogP contribution in [-0.4, -0.2) is 26.8 Å². The quantitative estimate of drug-likeness (QED) is 0.737. The number of carbonyl (C=O) groups is 1. The molecule has 0 unspecified atom stereocenters. The molecule has 0 saturated carbocycles. The molecule has 1 amide bonds. The minimum atomic E-state index is -0.644. The number of nitrogens with one attached hydrogen (secondary N) is 1. The van der Waals surface area contributed by atoms with Crippen LogP contribution < -0.4 is 10.1 Å². The molecule has 0 fully saturated rings. The SMILES string of the molecule is C[C@@H](Oc1ccc(Cl)cc1)C(=O)NCc1nncn1-c1ccccc1. The highest BCUT2D eigenvalue weighted by molar-refractivity contribution is 6.30. The summed E-state index contributed by atoms with van der Waals surface area (Å²) < 4.78 is 7.43. The van der Waals surface area contributed by atoms with Crippen molar-refractivity contribution in [3.63, 3.8) is 0 Å². The summed E-state index contributed by atoms with van der Waals surface area (Å²) in [5, 5.41) is 11.4. The topological polar surface area (TPSA) is 69.0 Å². The average Bonchev–Trinajstić information content (AvgIpc) is 3.11. The maximum absolute atomic E-state index is 12.2. The summed E-state index contributed by atoms with van der Waals surface area (Å²) in [6.45, 7) is 1.94. The average molecular weight is 357 g/mol. The van der Waals surface area contributed by atoms with Crippen LogP contribution in [0.4, 0.5) is 0 Å². The minimum Gasteiger partial charge on any atom is -0.481 e. The summed E-state index contributed by atoms with van der Waals surface area (Å²) in [5.74, 6) is 0.982. The van der Waals surface area contributed by atoms with E-state index in [-0.39, 0.29) is 12.5 Å². The predicted octanol–water partition coefficient (Wildman–Crippen LogP) is 3.00. The lowest BCUT2D eigenvalue weighted by Crippen LogP contribution is -2.36. The Bertz CT molecular complexity index is 834. The van der Waals surface area contributed by atoms with E-state index in [1.165, 1.54) is 0 Å². The summed E-state index contributed by atoms with van der Waals surface area (Å²) in [6, 6.07) is 16.6. The smallest absolute Gasteiger partial charge is 0.261 e. The fraction of sp³-hybridized carbons (Fsp3) is 0.167. The van der Waals surface area contributed by atoms with Gasteiger partial charge in [0.1, 0.15) is 12.1 Å². The number of nitrogens with zero attached hydrogens (tertiary/aromatic N) is 3. The number of benzene rings is 2. The third-order valence-electron chi connectivity index (χ3n) is 3.57. The first kappa shape index (κ1) is 17.0. The Morgan fingerprint density at radius 1 is 1.20 bits per heavy atom. The third kappa shape index (κ3) is 4.36. The number of hydrogen-bond donors (Lipinski definition) is 1. The van der Waals surface area contributed by atoms with Gasteiger partial charge in [0.2, 0.25) is 0 Å². The molecule has 6 nitrogen and oxygen atoms in total. The Hall–Kier alpha value is -2.86. The second-order valence-electron chi connectivity index (χ2n) is 5.38. The zero-order chi connectivity index (χ0) is 17.6. The molecule has 3 rings (SSSR count). The Kier molecular flexibility index (Phi) is 5.30. The van der Waals surface area contributed by atoms with Gasteiger partial charge in [-0.3, -0.25) is 9.36 Å². The van der Waals surface area contributed by atoms with Crippen LogP contribution in [0, 0.1) is 0 Å². The molecular formula is C18H17ClN4O2. The van der Waals surface area contributed by atoms with E-state index in [1.54, 1.807) is 37.5 Å². The first-order valence-electron chi connectivity index (χ1n) is 7.78. The second kappa shape index (κ2) is 7.81. The molecule has 1 atom stereocenters. The van der Waals surface area contributed by atoms with Crippen LogP contribution in [-0.2, 0) is 11.3 Å². The first-order chi connectivity index (χ1) is 12.1. The van der Waals surface area contributed by atoms with E-state index >= 15 is 0 Å². The highest BCUT2D eigenvalue weighted by Crippen LogP contribution is 2.17. The molecule has 3 aromatic rings. The van der Waals surface area contributed by atoms with Gasteiger partial charge in [-0.25, -0.2) is 0 Å².